The van der Waals surface area contributed by atoms with Gasteiger partial charge in [0.2, 0.25) is 0 Å². The van der Waals surface area contributed by atoms with Gasteiger partial charge in [0, 0.05) is 10.8 Å². The van der Waals surface area contributed by atoms with Crippen LogP contribution in [-0.4, -0.2) is 0 Å². The molecule has 0 amide bonds. The third-order valence-electron chi connectivity index (χ3n) is 4.97. The molecule has 0 spiro atoms. The highest BCUT2D eigenvalue weighted by molar-refractivity contribution is 6.24. The van der Waals surface area contributed by atoms with Gasteiger partial charge in [-0.15, -0.1) is 0 Å². The molecule has 0 saturated heterocycles. The number of benzene rings is 5. The molecule has 0 aromatic heterocycles. The smallest absolute Gasteiger partial charge is 0.127 e. The van der Waals surface area contributed by atoms with E-state index in [1.54, 1.807) is 0 Å². The first kappa shape index (κ1) is 14.7. The Kier molecular flexibility index (Phi) is 3.26. The highest BCUT2D eigenvalue weighted by atomic mass is 16.5. The topological polar surface area (TPSA) is 33.0 Å². The standard InChI is InChI=1S/C24H15NO/c25-14-16-4-6-17(7-5-16)15-26-22-13-11-20-9-8-18-2-1-3-19-10-12-21(22)24(20)23(18)19/h1-13H,15H2. The van der Waals surface area contributed by atoms with E-state index in [0.717, 1.165) is 16.7 Å². The number of hydrogen-bond acceptors (Lipinski definition) is 2. The van der Waals surface area contributed by atoms with Gasteiger partial charge < -0.3 is 4.74 Å². The minimum atomic E-state index is 0.482. The first-order valence-electron chi connectivity index (χ1n) is 8.62. The van der Waals surface area contributed by atoms with Crippen LogP contribution in [-0.2, 0) is 6.61 Å². The van der Waals surface area contributed by atoms with Crippen LogP contribution in [0.5, 0.6) is 5.75 Å². The monoisotopic (exact) mass is 333 g/mol. The summed E-state index contributed by atoms with van der Waals surface area (Å²) in [6.45, 7) is 0.482. The molecule has 5 aromatic carbocycles. The van der Waals surface area contributed by atoms with E-state index in [4.69, 9.17) is 10.00 Å². The van der Waals surface area contributed by atoms with Crippen molar-refractivity contribution in [2.75, 3.05) is 0 Å². The molecule has 0 aliphatic heterocycles. The molecule has 0 N–H and O–H groups in total. The van der Waals surface area contributed by atoms with Crippen LogP contribution < -0.4 is 4.74 Å². The normalized spacial score (nSPS) is 11.2. The van der Waals surface area contributed by atoms with Gasteiger partial charge in [0.05, 0.1) is 11.6 Å². The van der Waals surface area contributed by atoms with Gasteiger partial charge in [0.25, 0.3) is 0 Å². The quantitative estimate of drug-likeness (QED) is 0.377. The Morgan fingerprint density at radius 3 is 2.08 bits per heavy atom. The van der Waals surface area contributed by atoms with E-state index >= 15 is 0 Å². The number of nitrogens with zero attached hydrogens (tertiary/aromatic N) is 1. The molecule has 0 radical (unpaired) electrons. The van der Waals surface area contributed by atoms with Crippen molar-refractivity contribution in [1.29, 1.82) is 5.26 Å². The molecule has 5 rings (SSSR count). The summed E-state index contributed by atoms with van der Waals surface area (Å²) in [7, 11) is 0. The SMILES string of the molecule is N#Cc1ccc(COc2ccc3ccc4cccc5ccc2c3c45)cc1. The van der Waals surface area contributed by atoms with Gasteiger partial charge >= 0.3 is 0 Å². The van der Waals surface area contributed by atoms with Crippen LogP contribution in [0.4, 0.5) is 0 Å². The second-order valence-electron chi connectivity index (χ2n) is 6.52. The molecule has 122 valence electrons. The third-order valence-corrected chi connectivity index (χ3v) is 4.97. The Labute approximate surface area is 151 Å². The molecule has 0 fully saturated rings. The summed E-state index contributed by atoms with van der Waals surface area (Å²) in [6, 6.07) is 28.9. The van der Waals surface area contributed by atoms with Gasteiger partial charge in [-0.05, 0) is 51.4 Å². The Morgan fingerprint density at radius 1 is 0.692 bits per heavy atom. The van der Waals surface area contributed by atoms with E-state index in [1.165, 1.54) is 26.9 Å². The predicted molar refractivity (Wildman–Crippen MR) is 106 cm³/mol. The number of rotatable bonds is 3. The molecule has 0 aliphatic carbocycles. The molecule has 26 heavy (non-hydrogen) atoms. The van der Waals surface area contributed by atoms with Crippen LogP contribution in [0.2, 0.25) is 0 Å². The summed E-state index contributed by atoms with van der Waals surface area (Å²) in [5, 5.41) is 16.3. The van der Waals surface area contributed by atoms with Gasteiger partial charge in [0.15, 0.2) is 0 Å². The molecule has 0 aliphatic rings. The van der Waals surface area contributed by atoms with Crippen molar-refractivity contribution in [3.8, 4) is 11.8 Å². The van der Waals surface area contributed by atoms with E-state index in [1.807, 2.05) is 30.3 Å². The van der Waals surface area contributed by atoms with Gasteiger partial charge in [-0.3, -0.25) is 0 Å². The summed E-state index contributed by atoms with van der Waals surface area (Å²) >= 11 is 0. The molecule has 2 heteroatoms. The van der Waals surface area contributed by atoms with Gasteiger partial charge in [-0.25, -0.2) is 0 Å². The minimum Gasteiger partial charge on any atom is -0.488 e. The van der Waals surface area contributed by atoms with Gasteiger partial charge in [-0.2, -0.15) is 5.26 Å². The van der Waals surface area contributed by atoms with Crippen molar-refractivity contribution in [3.05, 3.63) is 90.0 Å². The molecule has 0 unspecified atom stereocenters. The number of nitriles is 1. The van der Waals surface area contributed by atoms with E-state index in [9.17, 15) is 0 Å². The van der Waals surface area contributed by atoms with Crippen molar-refractivity contribution in [2.24, 2.45) is 0 Å². The molecule has 0 heterocycles. The van der Waals surface area contributed by atoms with Crippen LogP contribution in [0.1, 0.15) is 11.1 Å². The highest BCUT2D eigenvalue weighted by Crippen LogP contribution is 2.38. The lowest BCUT2D eigenvalue weighted by molar-refractivity contribution is 0.310. The summed E-state index contributed by atoms with van der Waals surface area (Å²) in [5.41, 5.74) is 1.71. The van der Waals surface area contributed by atoms with Crippen LogP contribution in [0.15, 0.2) is 78.9 Å². The summed E-state index contributed by atoms with van der Waals surface area (Å²) in [6.07, 6.45) is 0. The average molecular weight is 333 g/mol. The summed E-state index contributed by atoms with van der Waals surface area (Å²) in [5.74, 6) is 0.889. The average Bonchev–Trinajstić information content (AvgIpc) is 2.71. The van der Waals surface area contributed by atoms with Crippen molar-refractivity contribution in [3.63, 3.8) is 0 Å². The van der Waals surface area contributed by atoms with Crippen LogP contribution >= 0.6 is 0 Å². The second kappa shape index (κ2) is 5.75. The van der Waals surface area contributed by atoms with Crippen molar-refractivity contribution in [2.45, 2.75) is 6.61 Å². The van der Waals surface area contributed by atoms with Crippen molar-refractivity contribution >= 4 is 32.3 Å². The fraction of sp³-hybridized carbons (Fsp3) is 0.0417. The molecular weight excluding hydrogens is 318 g/mol. The lowest BCUT2D eigenvalue weighted by Crippen LogP contribution is -1.96. The van der Waals surface area contributed by atoms with Gasteiger partial charge in [-0.1, -0.05) is 54.6 Å². The van der Waals surface area contributed by atoms with E-state index in [2.05, 4.69) is 54.6 Å². The number of ether oxygens (including phenoxy) is 1. The Hall–Kier alpha value is -3.57. The van der Waals surface area contributed by atoms with E-state index in [0.29, 0.717) is 12.2 Å². The zero-order chi connectivity index (χ0) is 17.5. The second-order valence-corrected chi connectivity index (χ2v) is 6.52. The summed E-state index contributed by atoms with van der Waals surface area (Å²) < 4.78 is 6.14. The van der Waals surface area contributed by atoms with Crippen molar-refractivity contribution in [1.82, 2.24) is 0 Å². The zero-order valence-corrected chi connectivity index (χ0v) is 14.1. The lowest BCUT2D eigenvalue weighted by atomic mass is 9.94. The molecule has 0 bridgehead atoms. The largest absolute Gasteiger partial charge is 0.488 e. The lowest BCUT2D eigenvalue weighted by Gasteiger charge is -2.14. The number of hydrogen-bond donors (Lipinski definition) is 0. The van der Waals surface area contributed by atoms with Crippen LogP contribution in [0.3, 0.4) is 0 Å². The minimum absolute atomic E-state index is 0.482. The molecule has 2 nitrogen and oxygen atoms in total. The fourth-order valence-electron chi connectivity index (χ4n) is 3.67. The van der Waals surface area contributed by atoms with E-state index in [-0.39, 0.29) is 0 Å². The Balaban J connectivity index is 1.60. The van der Waals surface area contributed by atoms with Crippen LogP contribution in [0.25, 0.3) is 32.3 Å². The maximum Gasteiger partial charge on any atom is 0.127 e. The third kappa shape index (κ3) is 2.26. The maximum atomic E-state index is 8.91. The Morgan fingerprint density at radius 2 is 1.35 bits per heavy atom. The molecule has 5 aromatic rings. The van der Waals surface area contributed by atoms with Crippen LogP contribution in [0, 0.1) is 11.3 Å². The molecule has 0 saturated carbocycles. The maximum absolute atomic E-state index is 8.91. The molecule has 0 atom stereocenters. The zero-order valence-electron chi connectivity index (χ0n) is 14.1. The first-order valence-corrected chi connectivity index (χ1v) is 8.62. The molecular formula is C24H15NO. The van der Waals surface area contributed by atoms with Gasteiger partial charge in [0.1, 0.15) is 12.4 Å². The fourth-order valence-corrected chi connectivity index (χ4v) is 3.67. The Bertz CT molecular complexity index is 1260. The first-order chi connectivity index (χ1) is 12.8. The predicted octanol–water partition coefficient (Wildman–Crippen LogP) is 6.03. The summed E-state index contributed by atoms with van der Waals surface area (Å²) in [4.78, 5) is 0. The van der Waals surface area contributed by atoms with E-state index < -0.39 is 0 Å². The van der Waals surface area contributed by atoms with Crippen molar-refractivity contribution < 1.29 is 4.74 Å². The highest BCUT2D eigenvalue weighted by Gasteiger charge is 2.11.